The second-order valence-corrected chi connectivity index (χ2v) is 8.29. The van der Waals surface area contributed by atoms with Gasteiger partial charge < -0.3 is 9.30 Å². The average Bonchev–Trinajstić information content (AvgIpc) is 3.20. The maximum atomic E-state index is 12.8. The number of hydrogen-bond donors (Lipinski definition) is 0. The number of benzene rings is 1. The number of hydrogen-bond acceptors (Lipinski definition) is 6. The van der Waals surface area contributed by atoms with Crippen LogP contribution in [0.4, 0.5) is 4.79 Å². The van der Waals surface area contributed by atoms with Crippen molar-refractivity contribution >= 4 is 45.9 Å². The summed E-state index contributed by atoms with van der Waals surface area (Å²) in [6.45, 7) is 5.43. The molecular weight excluding hydrogens is 414 g/mol. The summed E-state index contributed by atoms with van der Waals surface area (Å²) >= 11 is 0.828. The highest BCUT2D eigenvalue weighted by atomic mass is 32.2. The number of carbonyl (C=O) groups is 3. The molecule has 4 rings (SSSR count). The van der Waals surface area contributed by atoms with Gasteiger partial charge in [-0.15, -0.1) is 0 Å². The Labute approximate surface area is 183 Å². The van der Waals surface area contributed by atoms with Gasteiger partial charge in [-0.1, -0.05) is 6.07 Å². The van der Waals surface area contributed by atoms with Gasteiger partial charge in [-0.05, 0) is 74.5 Å². The topological polar surface area (TPSA) is 81.5 Å². The lowest BCUT2D eigenvalue weighted by molar-refractivity contribution is -0.148. The van der Waals surface area contributed by atoms with Crippen LogP contribution < -0.4 is 0 Å². The first-order valence-electron chi connectivity index (χ1n) is 9.71. The molecule has 1 aromatic carbocycles. The van der Waals surface area contributed by atoms with Crippen LogP contribution in [0.15, 0.2) is 47.5 Å². The van der Waals surface area contributed by atoms with Gasteiger partial charge in [0.25, 0.3) is 11.1 Å². The molecular formula is C23H21N3O4S. The van der Waals surface area contributed by atoms with Crippen LogP contribution in [-0.2, 0) is 14.3 Å². The van der Waals surface area contributed by atoms with Gasteiger partial charge in [0, 0.05) is 28.7 Å². The molecule has 1 fully saturated rings. The fraction of sp³-hybridized carbons (Fsp3) is 0.217. The van der Waals surface area contributed by atoms with Crippen LogP contribution in [0, 0.1) is 13.8 Å². The third kappa shape index (κ3) is 3.63. The first-order chi connectivity index (χ1) is 14.8. The second-order valence-electron chi connectivity index (χ2n) is 7.29. The Morgan fingerprint density at radius 2 is 1.97 bits per heavy atom. The molecule has 1 atom stereocenters. The van der Waals surface area contributed by atoms with Crippen molar-refractivity contribution in [1.82, 2.24) is 14.5 Å². The predicted octanol–water partition coefficient (Wildman–Crippen LogP) is 4.24. The van der Waals surface area contributed by atoms with E-state index < -0.39 is 23.2 Å². The molecule has 2 aromatic heterocycles. The van der Waals surface area contributed by atoms with Gasteiger partial charge >= 0.3 is 5.97 Å². The standard InChI is InChI=1S/C23H21N3O4S/c1-13-10-17(12-20-21(27)26(23(29)31-20)15(3)22(28)30-4)14(2)25(13)18-7-8-19-16(11-18)6-5-9-24-19/h5-12,15H,1-4H3/b20-12+/t15-/m0/s1. The maximum Gasteiger partial charge on any atom is 0.328 e. The molecule has 3 heterocycles. The Balaban J connectivity index is 1.70. The van der Waals surface area contributed by atoms with Crippen molar-refractivity contribution in [2.24, 2.45) is 0 Å². The molecule has 7 nitrogen and oxygen atoms in total. The summed E-state index contributed by atoms with van der Waals surface area (Å²) in [5, 5.41) is 0.553. The molecule has 1 saturated heterocycles. The summed E-state index contributed by atoms with van der Waals surface area (Å²) in [6, 6.07) is 11.0. The molecule has 0 spiro atoms. The van der Waals surface area contributed by atoms with Crippen LogP contribution in [0.3, 0.4) is 0 Å². The number of pyridine rings is 1. The number of thioether (sulfide) groups is 1. The molecule has 1 aliphatic heterocycles. The van der Waals surface area contributed by atoms with Crippen LogP contribution in [-0.4, -0.2) is 44.7 Å². The van der Waals surface area contributed by atoms with Crippen molar-refractivity contribution in [1.29, 1.82) is 0 Å². The Hall–Kier alpha value is -3.39. The summed E-state index contributed by atoms with van der Waals surface area (Å²) in [6.07, 6.45) is 3.47. The number of fused-ring (bicyclic) bond motifs is 1. The smallest absolute Gasteiger partial charge is 0.328 e. The highest BCUT2D eigenvalue weighted by Gasteiger charge is 2.41. The normalized spacial score (nSPS) is 16.4. The third-order valence-corrected chi connectivity index (χ3v) is 6.24. The number of aryl methyl sites for hydroxylation is 1. The Morgan fingerprint density at radius 3 is 2.71 bits per heavy atom. The van der Waals surface area contributed by atoms with E-state index in [-0.39, 0.29) is 4.91 Å². The monoisotopic (exact) mass is 435 g/mol. The molecule has 31 heavy (non-hydrogen) atoms. The number of rotatable bonds is 4. The van der Waals surface area contributed by atoms with Crippen molar-refractivity contribution in [2.75, 3.05) is 7.11 Å². The lowest BCUT2D eigenvalue weighted by Crippen LogP contribution is -2.42. The fourth-order valence-corrected chi connectivity index (χ4v) is 4.66. The minimum Gasteiger partial charge on any atom is -0.467 e. The number of carbonyl (C=O) groups excluding carboxylic acids is 3. The second kappa shape index (κ2) is 8.03. The van der Waals surface area contributed by atoms with E-state index >= 15 is 0 Å². The van der Waals surface area contributed by atoms with Gasteiger partial charge in [0.15, 0.2) is 0 Å². The van der Waals surface area contributed by atoms with E-state index in [1.807, 2.05) is 44.2 Å². The van der Waals surface area contributed by atoms with Crippen LogP contribution in [0.2, 0.25) is 0 Å². The lowest BCUT2D eigenvalue weighted by atomic mass is 10.2. The number of esters is 1. The minimum atomic E-state index is -0.970. The first kappa shape index (κ1) is 20.9. The summed E-state index contributed by atoms with van der Waals surface area (Å²) in [5.74, 6) is -1.12. The van der Waals surface area contributed by atoms with E-state index in [1.165, 1.54) is 14.0 Å². The van der Waals surface area contributed by atoms with E-state index in [2.05, 4.69) is 20.4 Å². The summed E-state index contributed by atoms with van der Waals surface area (Å²) in [7, 11) is 1.23. The van der Waals surface area contributed by atoms with Gasteiger partial charge in [-0.3, -0.25) is 19.5 Å². The summed E-state index contributed by atoms with van der Waals surface area (Å²) in [4.78, 5) is 42.5. The Morgan fingerprint density at radius 1 is 1.19 bits per heavy atom. The minimum absolute atomic E-state index is 0.281. The van der Waals surface area contributed by atoms with Gasteiger partial charge in [0.05, 0.1) is 17.5 Å². The number of nitrogens with zero attached hydrogens (tertiary/aromatic N) is 3. The van der Waals surface area contributed by atoms with E-state index in [0.29, 0.717) is 0 Å². The van der Waals surface area contributed by atoms with E-state index in [9.17, 15) is 14.4 Å². The molecule has 158 valence electrons. The lowest BCUT2D eigenvalue weighted by Gasteiger charge is -2.18. The quantitative estimate of drug-likeness (QED) is 0.450. The molecule has 0 aliphatic carbocycles. The molecule has 8 heteroatoms. The number of ether oxygens (including phenoxy) is 1. The van der Waals surface area contributed by atoms with Gasteiger partial charge in [-0.2, -0.15) is 0 Å². The SMILES string of the molecule is COC(=O)[C@H](C)N1C(=O)S/C(=C/c2cc(C)n(-c3ccc4ncccc4c3)c2C)C1=O. The number of amides is 2. The largest absolute Gasteiger partial charge is 0.467 e. The molecule has 0 radical (unpaired) electrons. The van der Waals surface area contributed by atoms with Crippen LogP contribution in [0.1, 0.15) is 23.9 Å². The highest BCUT2D eigenvalue weighted by Crippen LogP contribution is 2.35. The molecule has 0 saturated carbocycles. The summed E-state index contributed by atoms with van der Waals surface area (Å²) in [5.41, 5.74) is 4.67. The van der Waals surface area contributed by atoms with Crippen molar-refractivity contribution in [3.05, 3.63) is 64.5 Å². The van der Waals surface area contributed by atoms with Crippen molar-refractivity contribution in [3.63, 3.8) is 0 Å². The van der Waals surface area contributed by atoms with Crippen LogP contribution >= 0.6 is 11.8 Å². The fourth-order valence-electron chi connectivity index (χ4n) is 3.76. The maximum absolute atomic E-state index is 12.8. The first-order valence-corrected chi connectivity index (χ1v) is 10.5. The predicted molar refractivity (Wildman–Crippen MR) is 120 cm³/mol. The highest BCUT2D eigenvalue weighted by molar-refractivity contribution is 8.18. The molecule has 0 unspecified atom stereocenters. The zero-order valence-corrected chi connectivity index (χ0v) is 18.4. The Bertz CT molecular complexity index is 1260. The third-order valence-electron chi connectivity index (χ3n) is 5.35. The van der Waals surface area contributed by atoms with Gasteiger partial charge in [0.1, 0.15) is 6.04 Å². The molecule has 0 N–H and O–H groups in total. The van der Waals surface area contributed by atoms with Gasteiger partial charge in [0.2, 0.25) is 0 Å². The summed E-state index contributed by atoms with van der Waals surface area (Å²) < 4.78 is 6.77. The van der Waals surface area contributed by atoms with E-state index in [0.717, 1.165) is 50.2 Å². The average molecular weight is 436 g/mol. The van der Waals surface area contributed by atoms with E-state index in [4.69, 9.17) is 0 Å². The molecule has 0 bridgehead atoms. The Kier molecular flexibility index (Phi) is 5.41. The van der Waals surface area contributed by atoms with Gasteiger partial charge in [-0.25, -0.2) is 4.79 Å². The molecule has 1 aliphatic rings. The van der Waals surface area contributed by atoms with E-state index in [1.54, 1.807) is 12.3 Å². The molecule has 3 aromatic rings. The van der Waals surface area contributed by atoms with Crippen molar-refractivity contribution in [2.45, 2.75) is 26.8 Å². The molecule has 2 amide bonds. The number of imide groups is 1. The number of methoxy groups -OCH3 is 1. The van der Waals surface area contributed by atoms with Crippen molar-refractivity contribution < 1.29 is 19.1 Å². The zero-order chi connectivity index (χ0) is 22.3. The van der Waals surface area contributed by atoms with Crippen LogP contribution in [0.5, 0.6) is 0 Å². The number of aromatic nitrogens is 2. The zero-order valence-electron chi connectivity index (χ0n) is 17.6. The van der Waals surface area contributed by atoms with Crippen molar-refractivity contribution in [3.8, 4) is 5.69 Å². The van der Waals surface area contributed by atoms with Crippen LogP contribution in [0.25, 0.3) is 22.7 Å².